The van der Waals surface area contributed by atoms with Crippen LogP contribution in [-0.4, -0.2) is 68.7 Å². The molecule has 0 saturated carbocycles. The van der Waals surface area contributed by atoms with Crippen LogP contribution in [0.1, 0.15) is 11.5 Å². The van der Waals surface area contributed by atoms with E-state index < -0.39 is 0 Å². The van der Waals surface area contributed by atoms with E-state index in [4.69, 9.17) is 4.52 Å². The Kier molecular flexibility index (Phi) is 4.87. The van der Waals surface area contributed by atoms with Crippen LogP contribution in [0.5, 0.6) is 0 Å². The second-order valence-electron chi connectivity index (χ2n) is 5.89. The predicted octanol–water partition coefficient (Wildman–Crippen LogP) is 0.358. The van der Waals surface area contributed by atoms with Crippen LogP contribution in [0.4, 0.5) is 0 Å². The minimum absolute atomic E-state index is 0.385. The lowest BCUT2D eigenvalue weighted by atomic mass is 10.2. The Balaban J connectivity index is 1.39. The summed E-state index contributed by atoms with van der Waals surface area (Å²) in [4.78, 5) is 4.67. The first-order chi connectivity index (χ1) is 10.7. The molecule has 0 spiro atoms. The zero-order valence-corrected chi connectivity index (χ0v) is 12.9. The maximum atomic E-state index is 10.1. The first-order valence-electron chi connectivity index (χ1n) is 7.71. The number of aromatic nitrogens is 3. The summed E-state index contributed by atoms with van der Waals surface area (Å²) in [5.41, 5.74) is 0.990. The van der Waals surface area contributed by atoms with Crippen molar-refractivity contribution in [1.29, 1.82) is 0 Å². The molecule has 0 aliphatic carbocycles. The van der Waals surface area contributed by atoms with Gasteiger partial charge in [0.25, 0.3) is 0 Å². The Labute approximate surface area is 130 Å². The normalized spacial score (nSPS) is 18.6. The highest BCUT2D eigenvalue weighted by Crippen LogP contribution is 2.09. The van der Waals surface area contributed by atoms with Crippen molar-refractivity contribution in [2.45, 2.75) is 26.1 Å². The van der Waals surface area contributed by atoms with Gasteiger partial charge in [0.2, 0.25) is 0 Å². The summed E-state index contributed by atoms with van der Waals surface area (Å²) in [5.74, 6) is 0.857. The minimum Gasteiger partial charge on any atom is -0.390 e. The molecule has 1 aliphatic rings. The van der Waals surface area contributed by atoms with Gasteiger partial charge in [0.05, 0.1) is 18.3 Å². The van der Waals surface area contributed by atoms with Gasteiger partial charge in [-0.25, -0.2) is 0 Å². The average molecular weight is 305 g/mol. The number of aryl methyl sites for hydroxylation is 1. The Morgan fingerprint density at radius 1 is 1.23 bits per heavy atom. The van der Waals surface area contributed by atoms with Crippen molar-refractivity contribution in [1.82, 2.24) is 24.7 Å². The van der Waals surface area contributed by atoms with Gasteiger partial charge in [-0.15, -0.1) is 0 Å². The van der Waals surface area contributed by atoms with E-state index in [0.29, 0.717) is 13.1 Å². The molecule has 0 bridgehead atoms. The molecule has 120 valence electrons. The summed E-state index contributed by atoms with van der Waals surface area (Å²) in [5, 5.41) is 18.3. The molecule has 3 rings (SSSR count). The van der Waals surface area contributed by atoms with Gasteiger partial charge in [-0.05, 0) is 13.0 Å². The summed E-state index contributed by atoms with van der Waals surface area (Å²) in [6.45, 7) is 7.89. The van der Waals surface area contributed by atoms with E-state index in [9.17, 15) is 5.11 Å². The molecule has 1 fully saturated rings. The quantitative estimate of drug-likeness (QED) is 0.831. The van der Waals surface area contributed by atoms with Gasteiger partial charge >= 0.3 is 0 Å². The number of hydrogen-bond acceptors (Lipinski definition) is 6. The second-order valence-corrected chi connectivity index (χ2v) is 5.89. The molecule has 1 N–H and O–H groups in total. The van der Waals surface area contributed by atoms with E-state index in [2.05, 4.69) is 20.1 Å². The van der Waals surface area contributed by atoms with E-state index in [0.717, 1.165) is 44.2 Å². The van der Waals surface area contributed by atoms with Crippen molar-refractivity contribution in [2.75, 3.05) is 32.7 Å². The molecule has 0 aromatic carbocycles. The van der Waals surface area contributed by atoms with Gasteiger partial charge in [0.1, 0.15) is 5.76 Å². The van der Waals surface area contributed by atoms with Crippen LogP contribution in [0, 0.1) is 6.92 Å². The maximum Gasteiger partial charge on any atom is 0.133 e. The molecule has 0 unspecified atom stereocenters. The zero-order valence-electron chi connectivity index (χ0n) is 12.9. The fourth-order valence-electron chi connectivity index (χ4n) is 2.83. The van der Waals surface area contributed by atoms with Crippen molar-refractivity contribution in [3.8, 4) is 0 Å². The molecule has 1 aliphatic heterocycles. The topological polar surface area (TPSA) is 70.6 Å². The van der Waals surface area contributed by atoms with Gasteiger partial charge in [0.15, 0.2) is 0 Å². The fourth-order valence-corrected chi connectivity index (χ4v) is 2.83. The third kappa shape index (κ3) is 4.16. The van der Waals surface area contributed by atoms with E-state index in [1.54, 1.807) is 10.9 Å². The summed E-state index contributed by atoms with van der Waals surface area (Å²) < 4.78 is 6.87. The predicted molar refractivity (Wildman–Crippen MR) is 81.2 cm³/mol. The zero-order chi connectivity index (χ0) is 15.4. The third-order valence-corrected chi connectivity index (χ3v) is 3.95. The van der Waals surface area contributed by atoms with Crippen molar-refractivity contribution in [3.63, 3.8) is 0 Å². The van der Waals surface area contributed by atoms with E-state index in [-0.39, 0.29) is 6.10 Å². The van der Waals surface area contributed by atoms with Gasteiger partial charge in [-0.3, -0.25) is 14.5 Å². The number of β-amino-alcohol motifs (C(OH)–C–C–N with tert-alkyl or cyclic N) is 1. The van der Waals surface area contributed by atoms with Crippen LogP contribution in [0.25, 0.3) is 0 Å². The van der Waals surface area contributed by atoms with Crippen LogP contribution >= 0.6 is 0 Å². The van der Waals surface area contributed by atoms with Crippen LogP contribution in [0.2, 0.25) is 0 Å². The minimum atomic E-state index is -0.385. The molecule has 7 heteroatoms. The van der Waals surface area contributed by atoms with Crippen molar-refractivity contribution in [3.05, 3.63) is 36.0 Å². The second kappa shape index (κ2) is 7.04. The molecule has 1 atom stereocenters. The Morgan fingerprint density at radius 2 is 2.00 bits per heavy atom. The molecule has 0 amide bonds. The summed E-state index contributed by atoms with van der Waals surface area (Å²) in [6.07, 6.45) is 3.22. The SMILES string of the molecule is Cc1cc(CN2CCN(C[C@@H](O)Cn3cccn3)CC2)no1. The number of hydrogen-bond donors (Lipinski definition) is 1. The fraction of sp³-hybridized carbons (Fsp3) is 0.600. The summed E-state index contributed by atoms with van der Waals surface area (Å²) in [6, 6.07) is 3.86. The highest BCUT2D eigenvalue weighted by molar-refractivity contribution is 5.03. The lowest BCUT2D eigenvalue weighted by molar-refractivity contribution is 0.0599. The van der Waals surface area contributed by atoms with Crippen LogP contribution in [-0.2, 0) is 13.1 Å². The van der Waals surface area contributed by atoms with Gasteiger partial charge in [-0.2, -0.15) is 5.10 Å². The Bertz CT molecular complexity index is 560. The van der Waals surface area contributed by atoms with Crippen molar-refractivity contribution < 1.29 is 9.63 Å². The molecule has 22 heavy (non-hydrogen) atoms. The van der Waals surface area contributed by atoms with E-state index in [1.165, 1.54) is 0 Å². The molecule has 1 saturated heterocycles. The molecule has 0 radical (unpaired) electrons. The maximum absolute atomic E-state index is 10.1. The van der Waals surface area contributed by atoms with E-state index >= 15 is 0 Å². The molecule has 2 aromatic heterocycles. The smallest absolute Gasteiger partial charge is 0.133 e. The van der Waals surface area contributed by atoms with Crippen molar-refractivity contribution in [2.24, 2.45) is 0 Å². The first kappa shape index (κ1) is 15.2. The van der Waals surface area contributed by atoms with Gasteiger partial charge in [0, 0.05) is 57.7 Å². The Morgan fingerprint density at radius 3 is 2.64 bits per heavy atom. The largest absolute Gasteiger partial charge is 0.390 e. The number of nitrogens with zero attached hydrogens (tertiary/aromatic N) is 5. The van der Waals surface area contributed by atoms with E-state index in [1.807, 2.05) is 25.3 Å². The van der Waals surface area contributed by atoms with Crippen LogP contribution < -0.4 is 0 Å². The monoisotopic (exact) mass is 305 g/mol. The number of aliphatic hydroxyl groups excluding tert-OH is 1. The van der Waals surface area contributed by atoms with Crippen LogP contribution in [0.15, 0.2) is 29.0 Å². The summed E-state index contributed by atoms with van der Waals surface area (Å²) in [7, 11) is 0. The van der Waals surface area contributed by atoms with Gasteiger partial charge < -0.3 is 9.63 Å². The highest BCUT2D eigenvalue weighted by atomic mass is 16.5. The van der Waals surface area contributed by atoms with Crippen LogP contribution in [0.3, 0.4) is 0 Å². The molecule has 3 heterocycles. The highest BCUT2D eigenvalue weighted by Gasteiger charge is 2.20. The number of aliphatic hydroxyl groups is 1. The molecule has 7 nitrogen and oxygen atoms in total. The molecular weight excluding hydrogens is 282 g/mol. The summed E-state index contributed by atoms with van der Waals surface area (Å²) >= 11 is 0. The standard InChI is InChI=1S/C15H23N5O2/c1-13-9-14(17-22-13)10-18-5-7-19(8-6-18)11-15(21)12-20-4-2-3-16-20/h2-4,9,15,21H,5-8,10-12H2,1H3/t15-/m1/s1. The average Bonchev–Trinajstić information content (AvgIpc) is 3.13. The first-order valence-corrected chi connectivity index (χ1v) is 7.71. The molecule has 2 aromatic rings. The van der Waals surface area contributed by atoms with Crippen molar-refractivity contribution >= 4 is 0 Å². The Hall–Kier alpha value is -1.70. The number of rotatable bonds is 6. The lowest BCUT2D eigenvalue weighted by Gasteiger charge is -2.35. The lowest BCUT2D eigenvalue weighted by Crippen LogP contribution is -2.48. The number of piperazine rings is 1. The third-order valence-electron chi connectivity index (χ3n) is 3.95. The molecular formula is C15H23N5O2. The van der Waals surface area contributed by atoms with Gasteiger partial charge in [-0.1, -0.05) is 5.16 Å².